The average Bonchev–Trinajstić information content (AvgIpc) is 2.38. The van der Waals surface area contributed by atoms with Gasteiger partial charge in [0.2, 0.25) is 0 Å². The first-order valence-corrected chi connectivity index (χ1v) is 7.02. The minimum Gasteiger partial charge on any atom is -0.338 e. The van der Waals surface area contributed by atoms with Gasteiger partial charge in [-0.15, -0.1) is 0 Å². The van der Waals surface area contributed by atoms with Crippen LogP contribution in [0.2, 0.25) is 0 Å². The first-order valence-electron chi connectivity index (χ1n) is 6.23. The summed E-state index contributed by atoms with van der Waals surface area (Å²) in [7, 11) is 0. The lowest BCUT2D eigenvalue weighted by atomic mass is 9.92. The molecule has 1 amide bonds. The van der Waals surface area contributed by atoms with Gasteiger partial charge in [-0.05, 0) is 47.7 Å². The van der Waals surface area contributed by atoms with Gasteiger partial charge in [0.05, 0.1) is 5.56 Å². The molecule has 2 atom stereocenters. The summed E-state index contributed by atoms with van der Waals surface area (Å²) in [4.78, 5) is 18.3. The molecule has 18 heavy (non-hydrogen) atoms. The predicted molar refractivity (Wildman–Crippen MR) is 74.2 cm³/mol. The maximum absolute atomic E-state index is 12.3. The molecule has 0 unspecified atom stereocenters. The summed E-state index contributed by atoms with van der Waals surface area (Å²) >= 11 is 3.34. The van der Waals surface area contributed by atoms with Crippen molar-refractivity contribution in [3.63, 3.8) is 0 Å². The molecule has 2 N–H and O–H groups in total. The standard InChI is InChI=1S/C13H18BrN3O/c1-9(15)10-3-2-4-17(8-10)13(18)11-5-12(14)7-16-6-11/h5-7,9-10H,2-4,8,15H2,1H3/t9-,10-/m0/s1. The summed E-state index contributed by atoms with van der Waals surface area (Å²) in [6, 6.07) is 1.95. The van der Waals surface area contributed by atoms with Crippen molar-refractivity contribution >= 4 is 21.8 Å². The number of halogens is 1. The summed E-state index contributed by atoms with van der Waals surface area (Å²) in [5.74, 6) is 0.456. The van der Waals surface area contributed by atoms with Crippen LogP contribution in [-0.4, -0.2) is 34.9 Å². The van der Waals surface area contributed by atoms with Crippen LogP contribution in [0.25, 0.3) is 0 Å². The Morgan fingerprint density at radius 1 is 1.61 bits per heavy atom. The molecule has 0 radical (unpaired) electrons. The molecule has 1 aromatic rings. The van der Waals surface area contributed by atoms with Crippen molar-refractivity contribution in [3.8, 4) is 0 Å². The van der Waals surface area contributed by atoms with Crippen molar-refractivity contribution < 1.29 is 4.79 Å². The third-order valence-corrected chi connectivity index (χ3v) is 3.87. The summed E-state index contributed by atoms with van der Waals surface area (Å²) < 4.78 is 0.828. The van der Waals surface area contributed by atoms with E-state index >= 15 is 0 Å². The van der Waals surface area contributed by atoms with Crippen LogP contribution in [0.5, 0.6) is 0 Å². The van der Waals surface area contributed by atoms with Gasteiger partial charge in [0.1, 0.15) is 0 Å². The molecule has 0 bridgehead atoms. The van der Waals surface area contributed by atoms with Crippen LogP contribution in [0.1, 0.15) is 30.1 Å². The first kappa shape index (κ1) is 13.5. The number of rotatable bonds is 2. The van der Waals surface area contributed by atoms with E-state index in [1.807, 2.05) is 17.9 Å². The van der Waals surface area contributed by atoms with E-state index < -0.39 is 0 Å². The molecule has 0 saturated carbocycles. The summed E-state index contributed by atoms with van der Waals surface area (Å²) in [5.41, 5.74) is 6.57. The number of nitrogens with two attached hydrogens (primary N) is 1. The van der Waals surface area contributed by atoms with Gasteiger partial charge in [0, 0.05) is 36.0 Å². The highest BCUT2D eigenvalue weighted by Crippen LogP contribution is 2.21. The van der Waals surface area contributed by atoms with Gasteiger partial charge in [-0.25, -0.2) is 0 Å². The highest BCUT2D eigenvalue weighted by Gasteiger charge is 2.26. The van der Waals surface area contributed by atoms with E-state index in [9.17, 15) is 4.79 Å². The maximum Gasteiger partial charge on any atom is 0.255 e. The minimum absolute atomic E-state index is 0.0501. The molecule has 2 rings (SSSR count). The lowest BCUT2D eigenvalue weighted by Crippen LogP contribution is -2.45. The first-order chi connectivity index (χ1) is 8.58. The zero-order valence-electron chi connectivity index (χ0n) is 10.5. The average molecular weight is 312 g/mol. The summed E-state index contributed by atoms with van der Waals surface area (Å²) in [6.45, 7) is 3.58. The predicted octanol–water partition coefficient (Wildman–Crippen LogP) is 2.04. The minimum atomic E-state index is 0.0501. The molecule has 1 fully saturated rings. The fraction of sp³-hybridized carbons (Fsp3) is 0.538. The maximum atomic E-state index is 12.3. The lowest BCUT2D eigenvalue weighted by molar-refractivity contribution is 0.0660. The number of pyridine rings is 1. The second-order valence-corrected chi connectivity index (χ2v) is 5.82. The molecule has 1 saturated heterocycles. The molecule has 4 nitrogen and oxygen atoms in total. The smallest absolute Gasteiger partial charge is 0.255 e. The third-order valence-electron chi connectivity index (χ3n) is 3.44. The molecule has 1 aliphatic rings. The Balaban J connectivity index is 2.09. The molecule has 5 heteroatoms. The van der Waals surface area contributed by atoms with Gasteiger partial charge in [-0.2, -0.15) is 0 Å². The third kappa shape index (κ3) is 3.09. The topological polar surface area (TPSA) is 59.2 Å². The van der Waals surface area contributed by atoms with Crippen LogP contribution in [0.15, 0.2) is 22.9 Å². The number of carbonyl (C=O) groups is 1. The van der Waals surface area contributed by atoms with E-state index in [2.05, 4.69) is 20.9 Å². The van der Waals surface area contributed by atoms with Crippen molar-refractivity contribution in [1.82, 2.24) is 9.88 Å². The molecular formula is C13H18BrN3O. The van der Waals surface area contributed by atoms with E-state index in [-0.39, 0.29) is 11.9 Å². The number of amides is 1. The zero-order chi connectivity index (χ0) is 13.1. The number of hydrogen-bond acceptors (Lipinski definition) is 3. The van der Waals surface area contributed by atoms with Crippen LogP contribution in [-0.2, 0) is 0 Å². The second-order valence-electron chi connectivity index (χ2n) is 4.90. The number of piperidine rings is 1. The van der Waals surface area contributed by atoms with Gasteiger partial charge >= 0.3 is 0 Å². The number of carbonyl (C=O) groups excluding carboxylic acids is 1. The van der Waals surface area contributed by atoms with E-state index in [1.165, 1.54) is 0 Å². The molecule has 2 heterocycles. The van der Waals surface area contributed by atoms with E-state index in [0.717, 1.165) is 30.4 Å². The Morgan fingerprint density at radius 3 is 3.06 bits per heavy atom. The summed E-state index contributed by atoms with van der Waals surface area (Å²) in [5, 5.41) is 0. The molecule has 1 aliphatic heterocycles. The fourth-order valence-corrected chi connectivity index (χ4v) is 2.70. The summed E-state index contributed by atoms with van der Waals surface area (Å²) in [6.07, 6.45) is 5.43. The zero-order valence-corrected chi connectivity index (χ0v) is 12.1. The van der Waals surface area contributed by atoms with E-state index in [4.69, 9.17) is 5.73 Å². The van der Waals surface area contributed by atoms with Crippen LogP contribution in [0.4, 0.5) is 0 Å². The Labute approximate surface area is 116 Å². The van der Waals surface area contributed by atoms with Crippen molar-refractivity contribution in [1.29, 1.82) is 0 Å². The Morgan fingerprint density at radius 2 is 2.39 bits per heavy atom. The molecule has 0 aromatic carbocycles. The monoisotopic (exact) mass is 311 g/mol. The van der Waals surface area contributed by atoms with Crippen molar-refractivity contribution in [2.75, 3.05) is 13.1 Å². The SMILES string of the molecule is C[C@H](N)[C@H]1CCCN(C(=O)c2cncc(Br)c2)C1. The van der Waals surface area contributed by atoms with Crippen LogP contribution < -0.4 is 5.73 Å². The highest BCUT2D eigenvalue weighted by molar-refractivity contribution is 9.10. The van der Waals surface area contributed by atoms with Crippen LogP contribution >= 0.6 is 15.9 Å². The van der Waals surface area contributed by atoms with Crippen molar-refractivity contribution in [3.05, 3.63) is 28.5 Å². The normalized spacial score (nSPS) is 21.7. The molecular weight excluding hydrogens is 294 g/mol. The largest absolute Gasteiger partial charge is 0.338 e. The van der Waals surface area contributed by atoms with Crippen LogP contribution in [0, 0.1) is 5.92 Å². The van der Waals surface area contributed by atoms with Gasteiger partial charge < -0.3 is 10.6 Å². The van der Waals surface area contributed by atoms with Gasteiger partial charge in [0.25, 0.3) is 5.91 Å². The van der Waals surface area contributed by atoms with Crippen molar-refractivity contribution in [2.45, 2.75) is 25.8 Å². The Bertz CT molecular complexity index is 436. The number of aromatic nitrogens is 1. The van der Waals surface area contributed by atoms with Gasteiger partial charge in [-0.3, -0.25) is 9.78 Å². The number of hydrogen-bond donors (Lipinski definition) is 1. The Kier molecular flexibility index (Phi) is 4.35. The van der Waals surface area contributed by atoms with Gasteiger partial charge in [0.15, 0.2) is 0 Å². The van der Waals surface area contributed by atoms with Crippen molar-refractivity contribution in [2.24, 2.45) is 11.7 Å². The fourth-order valence-electron chi connectivity index (χ4n) is 2.33. The van der Waals surface area contributed by atoms with E-state index in [0.29, 0.717) is 11.5 Å². The quantitative estimate of drug-likeness (QED) is 0.909. The molecule has 0 aliphatic carbocycles. The molecule has 1 aromatic heterocycles. The number of nitrogens with zero attached hydrogens (tertiary/aromatic N) is 2. The second kappa shape index (κ2) is 5.80. The van der Waals surface area contributed by atoms with Crippen LogP contribution in [0.3, 0.4) is 0 Å². The Hall–Kier alpha value is -0.940. The molecule has 98 valence electrons. The number of likely N-dealkylation sites (tertiary alicyclic amines) is 1. The van der Waals surface area contributed by atoms with E-state index in [1.54, 1.807) is 12.4 Å². The van der Waals surface area contributed by atoms with Gasteiger partial charge in [-0.1, -0.05) is 0 Å². The molecule has 0 spiro atoms. The lowest BCUT2D eigenvalue weighted by Gasteiger charge is -2.34. The highest BCUT2D eigenvalue weighted by atomic mass is 79.9.